The molecule has 0 amide bonds. The third-order valence-electron chi connectivity index (χ3n) is 7.41. The lowest BCUT2D eigenvalue weighted by Gasteiger charge is -2.09. The van der Waals surface area contributed by atoms with E-state index < -0.39 is 9.85 Å². The van der Waals surface area contributed by atoms with Gasteiger partial charge in [-0.05, 0) is 12.5 Å². The fourth-order valence-electron chi connectivity index (χ4n) is 4.75. The summed E-state index contributed by atoms with van der Waals surface area (Å²) in [6.07, 6.45) is 17.1. The van der Waals surface area contributed by atoms with Crippen LogP contribution in [0, 0.1) is 20.2 Å². The number of hydrogen-bond donors (Lipinski definition) is 1. The van der Waals surface area contributed by atoms with Crippen LogP contribution in [0.3, 0.4) is 0 Å². The number of nitro benzene ring substituents is 2. The van der Waals surface area contributed by atoms with Gasteiger partial charge in [0.25, 0.3) is 11.4 Å². The maximum atomic E-state index is 11.8. The first-order valence-electron chi connectivity index (χ1n) is 17.7. The average Bonchev–Trinajstić information content (AvgIpc) is 3.07. The molecule has 0 radical (unpaired) electrons. The smallest absolute Gasteiger partial charge is 0.305 e. The van der Waals surface area contributed by atoms with E-state index in [1.54, 1.807) is 0 Å². The van der Waals surface area contributed by atoms with Crippen LogP contribution in [0.25, 0.3) is 0 Å². The molecule has 0 atom stereocenters. The van der Waals surface area contributed by atoms with Crippen molar-refractivity contribution in [3.8, 4) is 0 Å². The average molecular weight is 686 g/mol. The summed E-state index contributed by atoms with van der Waals surface area (Å²) in [4.78, 5) is 32.4. The van der Waals surface area contributed by atoms with Crippen molar-refractivity contribution in [3.05, 3.63) is 38.4 Å². The second kappa shape index (κ2) is 31.4. The predicted molar refractivity (Wildman–Crippen MR) is 184 cm³/mol. The molecule has 0 spiro atoms. The Morgan fingerprint density at radius 2 is 1.04 bits per heavy atom. The van der Waals surface area contributed by atoms with Crippen LogP contribution >= 0.6 is 0 Å². The van der Waals surface area contributed by atoms with E-state index in [0.717, 1.165) is 18.9 Å². The normalized spacial score (nSPS) is 11.1. The second-order valence-electron chi connectivity index (χ2n) is 11.4. The lowest BCUT2D eigenvalue weighted by molar-refractivity contribution is -0.393. The molecule has 1 rings (SSSR count). The summed E-state index contributed by atoms with van der Waals surface area (Å²) < 4.78 is 32.4. The number of hydrogen-bond acceptors (Lipinski definition) is 12. The molecule has 1 aromatic rings. The highest BCUT2D eigenvalue weighted by molar-refractivity contribution is 5.69. The van der Waals surface area contributed by atoms with Crippen molar-refractivity contribution in [3.63, 3.8) is 0 Å². The molecule has 14 heteroatoms. The zero-order valence-electron chi connectivity index (χ0n) is 29.0. The Labute approximate surface area is 285 Å². The Morgan fingerprint density at radius 3 is 1.50 bits per heavy atom. The van der Waals surface area contributed by atoms with Crippen molar-refractivity contribution < 1.29 is 43.1 Å². The SMILES string of the molecule is CCCCCCCCCCCCCCCC(=O)OCCOCCOCCOCCOCCOCCNc1ccc([N+](=O)[O-])cc1[N+](=O)[O-]. The van der Waals surface area contributed by atoms with Crippen LogP contribution in [0.1, 0.15) is 96.8 Å². The Hall–Kier alpha value is -2.91. The number of benzene rings is 1. The Balaban J connectivity index is 1.78. The Morgan fingerprint density at radius 1 is 0.604 bits per heavy atom. The maximum absolute atomic E-state index is 11.8. The quantitative estimate of drug-likeness (QED) is 0.0335. The van der Waals surface area contributed by atoms with Crippen LogP contribution in [0.2, 0.25) is 0 Å². The van der Waals surface area contributed by atoms with E-state index in [2.05, 4.69) is 12.2 Å². The van der Waals surface area contributed by atoms with Gasteiger partial charge in [-0.2, -0.15) is 0 Å². The van der Waals surface area contributed by atoms with Gasteiger partial charge in [-0.15, -0.1) is 0 Å². The molecule has 0 saturated heterocycles. The third-order valence-corrected chi connectivity index (χ3v) is 7.41. The Kier molecular flexibility index (Phi) is 28.2. The van der Waals surface area contributed by atoms with Crippen LogP contribution in [0.5, 0.6) is 0 Å². The van der Waals surface area contributed by atoms with Gasteiger partial charge in [0.2, 0.25) is 0 Å². The first-order chi connectivity index (χ1) is 23.5. The molecular weight excluding hydrogens is 626 g/mol. The van der Waals surface area contributed by atoms with Gasteiger partial charge in [-0.1, -0.05) is 84.0 Å². The summed E-state index contributed by atoms with van der Waals surface area (Å²) in [5.41, 5.74) is -0.521. The minimum Gasteiger partial charge on any atom is -0.463 e. The van der Waals surface area contributed by atoms with E-state index in [0.29, 0.717) is 72.4 Å². The fraction of sp³-hybridized carbons (Fsp3) is 0.794. The summed E-state index contributed by atoms with van der Waals surface area (Å²) in [5, 5.41) is 24.8. The fourth-order valence-corrected chi connectivity index (χ4v) is 4.75. The van der Waals surface area contributed by atoms with E-state index in [1.807, 2.05) is 0 Å². The van der Waals surface area contributed by atoms with E-state index >= 15 is 0 Å². The molecule has 14 nitrogen and oxygen atoms in total. The Bertz CT molecular complexity index is 968. The molecule has 48 heavy (non-hydrogen) atoms. The number of anilines is 1. The molecule has 1 N–H and O–H groups in total. The van der Waals surface area contributed by atoms with Gasteiger partial charge in [0, 0.05) is 19.0 Å². The molecular formula is C34H59N3O11. The van der Waals surface area contributed by atoms with Crippen LogP contribution in [0.15, 0.2) is 18.2 Å². The number of ether oxygens (including phenoxy) is 6. The summed E-state index contributed by atoms with van der Waals surface area (Å²) in [5.74, 6) is -0.157. The van der Waals surface area contributed by atoms with Crippen molar-refractivity contribution >= 4 is 23.0 Å². The molecule has 0 aliphatic rings. The highest BCUT2D eigenvalue weighted by atomic mass is 16.6. The molecule has 0 aliphatic heterocycles. The third kappa shape index (κ3) is 25.2. The number of nitrogens with zero attached hydrogens (tertiary/aromatic N) is 2. The number of unbranched alkanes of at least 4 members (excludes halogenated alkanes) is 12. The summed E-state index contributed by atoms with van der Waals surface area (Å²) >= 11 is 0. The monoisotopic (exact) mass is 685 g/mol. The number of carbonyl (C=O) groups excluding carboxylic acids is 1. The van der Waals surface area contributed by atoms with Crippen LogP contribution < -0.4 is 5.32 Å². The van der Waals surface area contributed by atoms with Crippen LogP contribution in [0.4, 0.5) is 17.1 Å². The van der Waals surface area contributed by atoms with Gasteiger partial charge >= 0.3 is 5.97 Å². The van der Waals surface area contributed by atoms with E-state index in [-0.39, 0.29) is 36.2 Å². The van der Waals surface area contributed by atoms with Crippen molar-refractivity contribution in [2.24, 2.45) is 0 Å². The summed E-state index contributed by atoms with van der Waals surface area (Å²) in [7, 11) is 0. The number of non-ortho nitro benzene ring substituents is 1. The van der Waals surface area contributed by atoms with E-state index in [1.165, 1.54) is 82.8 Å². The molecule has 276 valence electrons. The number of nitro groups is 2. The number of carbonyl (C=O) groups is 1. The topological polar surface area (TPSA) is 171 Å². The molecule has 0 heterocycles. The van der Waals surface area contributed by atoms with Crippen LogP contribution in [-0.4, -0.2) is 95.0 Å². The van der Waals surface area contributed by atoms with Crippen molar-refractivity contribution in [1.82, 2.24) is 0 Å². The van der Waals surface area contributed by atoms with E-state index in [4.69, 9.17) is 28.4 Å². The molecule has 1 aromatic carbocycles. The summed E-state index contributed by atoms with van der Waals surface area (Å²) in [6.45, 7) is 6.65. The second-order valence-corrected chi connectivity index (χ2v) is 11.4. The highest BCUT2D eigenvalue weighted by Crippen LogP contribution is 2.28. The van der Waals surface area contributed by atoms with Crippen molar-refractivity contribution in [2.75, 3.05) is 84.5 Å². The summed E-state index contributed by atoms with van der Waals surface area (Å²) in [6, 6.07) is 3.43. The lowest BCUT2D eigenvalue weighted by Crippen LogP contribution is -2.15. The lowest BCUT2D eigenvalue weighted by atomic mass is 10.0. The first-order valence-corrected chi connectivity index (χ1v) is 17.7. The number of esters is 1. The van der Waals surface area contributed by atoms with Gasteiger partial charge in [0.1, 0.15) is 12.3 Å². The minimum absolute atomic E-state index is 0.157. The highest BCUT2D eigenvalue weighted by Gasteiger charge is 2.19. The largest absolute Gasteiger partial charge is 0.463 e. The minimum atomic E-state index is -0.679. The van der Waals surface area contributed by atoms with Gasteiger partial charge in [0.15, 0.2) is 0 Å². The van der Waals surface area contributed by atoms with Gasteiger partial charge in [-0.25, -0.2) is 0 Å². The number of rotatable bonds is 35. The first kappa shape index (κ1) is 43.1. The zero-order chi connectivity index (χ0) is 34.9. The standard InChI is InChI=1S/C34H59N3O11/c1-2-3-4-5-6-7-8-9-10-11-12-13-14-15-34(38)48-29-28-47-27-26-46-25-24-45-23-22-44-21-20-43-19-18-35-32-17-16-31(36(39)40)30-33(32)37(41)42/h16-17,30,35H,2-15,18-29H2,1H3. The molecule has 0 aromatic heterocycles. The molecule has 0 unspecified atom stereocenters. The van der Waals surface area contributed by atoms with Gasteiger partial charge in [-0.3, -0.25) is 25.0 Å². The zero-order valence-corrected chi connectivity index (χ0v) is 29.0. The van der Waals surface area contributed by atoms with Gasteiger partial charge in [0.05, 0.1) is 82.0 Å². The van der Waals surface area contributed by atoms with Gasteiger partial charge < -0.3 is 33.7 Å². The molecule has 0 fully saturated rings. The molecule has 0 aliphatic carbocycles. The van der Waals surface area contributed by atoms with Crippen molar-refractivity contribution in [2.45, 2.75) is 96.8 Å². The molecule has 0 saturated carbocycles. The van der Waals surface area contributed by atoms with Crippen LogP contribution in [-0.2, 0) is 33.2 Å². The molecule has 0 bridgehead atoms. The van der Waals surface area contributed by atoms with Crippen molar-refractivity contribution in [1.29, 1.82) is 0 Å². The number of nitrogens with one attached hydrogen (secondary N) is 1. The predicted octanol–water partition coefficient (Wildman–Crippen LogP) is 7.02. The van der Waals surface area contributed by atoms with E-state index in [9.17, 15) is 25.0 Å². The maximum Gasteiger partial charge on any atom is 0.305 e.